The van der Waals surface area contributed by atoms with Gasteiger partial charge in [-0.25, -0.2) is 0 Å². The Balaban J connectivity index is 3.38. The predicted octanol–water partition coefficient (Wildman–Crippen LogP) is -1.46. The van der Waals surface area contributed by atoms with E-state index in [1.54, 1.807) is 0 Å². The molecule has 60 valence electrons. The van der Waals surface area contributed by atoms with Crippen LogP contribution in [0.15, 0.2) is 0 Å². The minimum absolute atomic E-state index is 0.187. The molecule has 0 heterocycles. The van der Waals surface area contributed by atoms with E-state index in [0.717, 1.165) is 19.5 Å². The first-order valence-corrected chi connectivity index (χ1v) is 3.34. The Morgan fingerprint density at radius 3 is 2.10 bits per heavy atom. The van der Waals surface area contributed by atoms with Crippen molar-refractivity contribution < 1.29 is 4.79 Å². The van der Waals surface area contributed by atoms with Crippen molar-refractivity contribution in [3.63, 3.8) is 0 Å². The Kier molecular flexibility index (Phi) is 6.11. The number of amides is 1. The molecule has 0 aliphatic rings. The first-order chi connectivity index (χ1) is 4.85. The Morgan fingerprint density at radius 2 is 1.80 bits per heavy atom. The smallest absolute Gasteiger partial charge is 0.207 e. The summed E-state index contributed by atoms with van der Waals surface area (Å²) in [5, 5.41) is 8.63. The highest BCUT2D eigenvalue weighted by atomic mass is 16.1. The van der Waals surface area contributed by atoms with E-state index < -0.39 is 0 Å². The van der Waals surface area contributed by atoms with Gasteiger partial charge >= 0.3 is 0 Å². The van der Waals surface area contributed by atoms with E-state index in [1.807, 2.05) is 14.1 Å². The van der Waals surface area contributed by atoms with Crippen molar-refractivity contribution in [1.82, 2.24) is 16.0 Å². The molecule has 0 aliphatic heterocycles. The van der Waals surface area contributed by atoms with E-state index in [4.69, 9.17) is 0 Å². The second kappa shape index (κ2) is 6.51. The summed E-state index contributed by atoms with van der Waals surface area (Å²) in [4.78, 5) is 10.00. The first-order valence-electron chi connectivity index (χ1n) is 3.34. The van der Waals surface area contributed by atoms with Crippen LogP contribution in [0, 0.1) is 0 Å². The normalized spacial score (nSPS) is 9.90. The van der Waals surface area contributed by atoms with Crippen LogP contribution in [0.4, 0.5) is 0 Å². The van der Waals surface area contributed by atoms with Gasteiger partial charge in [-0.05, 0) is 14.1 Å². The third-order valence-electron chi connectivity index (χ3n) is 1.20. The van der Waals surface area contributed by atoms with Gasteiger partial charge < -0.3 is 16.0 Å². The fourth-order valence-electron chi connectivity index (χ4n) is 0.779. The lowest BCUT2D eigenvalue weighted by Gasteiger charge is -2.13. The van der Waals surface area contributed by atoms with Crippen molar-refractivity contribution in [3.8, 4) is 0 Å². The average molecular weight is 145 g/mol. The average Bonchev–Trinajstić information content (AvgIpc) is 1.90. The molecule has 0 aromatic rings. The number of hydrogen-bond acceptors (Lipinski definition) is 3. The molecule has 0 rings (SSSR count). The van der Waals surface area contributed by atoms with Crippen molar-refractivity contribution in [3.05, 3.63) is 0 Å². The van der Waals surface area contributed by atoms with Crippen LogP contribution < -0.4 is 16.0 Å². The minimum atomic E-state index is 0.187. The molecule has 0 aromatic heterocycles. The fourth-order valence-corrected chi connectivity index (χ4v) is 0.779. The first kappa shape index (κ1) is 9.39. The van der Waals surface area contributed by atoms with Crippen LogP contribution in [-0.4, -0.2) is 39.6 Å². The van der Waals surface area contributed by atoms with E-state index in [-0.39, 0.29) is 6.04 Å². The molecule has 0 fully saturated rings. The van der Waals surface area contributed by atoms with E-state index in [0.29, 0.717) is 0 Å². The van der Waals surface area contributed by atoms with E-state index in [2.05, 4.69) is 16.0 Å². The van der Waals surface area contributed by atoms with Crippen molar-refractivity contribution >= 4 is 6.41 Å². The van der Waals surface area contributed by atoms with E-state index >= 15 is 0 Å². The van der Waals surface area contributed by atoms with Gasteiger partial charge in [-0.1, -0.05) is 0 Å². The van der Waals surface area contributed by atoms with Crippen LogP contribution in [-0.2, 0) is 4.79 Å². The van der Waals surface area contributed by atoms with Crippen LogP contribution in [0.2, 0.25) is 0 Å². The summed E-state index contributed by atoms with van der Waals surface area (Å²) in [5.41, 5.74) is 0. The number of carbonyl (C=O) groups is 1. The molecule has 0 bridgehead atoms. The summed E-state index contributed by atoms with van der Waals surface area (Å²) >= 11 is 0. The Labute approximate surface area is 61.4 Å². The van der Waals surface area contributed by atoms with Gasteiger partial charge in [-0.3, -0.25) is 4.79 Å². The standard InChI is InChI=1S/C6H15N3O/c1-7-3-6(4-8-2)9-5-10/h5-8H,3-4H2,1-2H3,(H,9,10). The lowest BCUT2D eigenvalue weighted by molar-refractivity contribution is -0.110. The SMILES string of the molecule is CNCC(CNC)NC=O. The Morgan fingerprint density at radius 1 is 1.30 bits per heavy atom. The quantitative estimate of drug-likeness (QED) is 0.400. The van der Waals surface area contributed by atoms with Gasteiger partial charge in [0.15, 0.2) is 0 Å². The molecule has 0 radical (unpaired) electrons. The van der Waals surface area contributed by atoms with Crippen LogP contribution in [0.1, 0.15) is 0 Å². The van der Waals surface area contributed by atoms with Gasteiger partial charge in [0.05, 0.1) is 6.04 Å². The van der Waals surface area contributed by atoms with Crippen molar-refractivity contribution in [1.29, 1.82) is 0 Å². The molecule has 0 saturated heterocycles. The van der Waals surface area contributed by atoms with E-state index in [9.17, 15) is 4.79 Å². The molecule has 0 atom stereocenters. The topological polar surface area (TPSA) is 53.2 Å². The highest BCUT2D eigenvalue weighted by Crippen LogP contribution is 1.74. The molecule has 4 nitrogen and oxygen atoms in total. The molecular formula is C6H15N3O. The van der Waals surface area contributed by atoms with Gasteiger partial charge in [0.25, 0.3) is 0 Å². The molecule has 1 amide bonds. The Bertz CT molecular complexity index is 81.1. The molecule has 10 heavy (non-hydrogen) atoms. The predicted molar refractivity (Wildman–Crippen MR) is 40.8 cm³/mol. The molecule has 0 aromatic carbocycles. The molecule has 0 unspecified atom stereocenters. The van der Waals surface area contributed by atoms with Gasteiger partial charge in [0.1, 0.15) is 0 Å². The van der Waals surface area contributed by atoms with Crippen molar-refractivity contribution in [2.24, 2.45) is 0 Å². The molecule has 3 N–H and O–H groups in total. The summed E-state index contributed by atoms with van der Waals surface area (Å²) in [5.74, 6) is 0. The molecule has 4 heteroatoms. The zero-order chi connectivity index (χ0) is 7.82. The third-order valence-corrected chi connectivity index (χ3v) is 1.20. The summed E-state index contributed by atoms with van der Waals surface area (Å²) in [6, 6.07) is 0.187. The van der Waals surface area contributed by atoms with Gasteiger partial charge in [0.2, 0.25) is 6.41 Å². The molecular weight excluding hydrogens is 130 g/mol. The summed E-state index contributed by atoms with van der Waals surface area (Å²) < 4.78 is 0. The number of carbonyl (C=O) groups excluding carboxylic acids is 1. The van der Waals surface area contributed by atoms with Crippen molar-refractivity contribution in [2.45, 2.75) is 6.04 Å². The molecule has 0 aliphatic carbocycles. The Hall–Kier alpha value is -0.610. The largest absolute Gasteiger partial charge is 0.353 e. The van der Waals surface area contributed by atoms with Crippen LogP contribution >= 0.6 is 0 Å². The van der Waals surface area contributed by atoms with Crippen LogP contribution in [0.25, 0.3) is 0 Å². The second-order valence-corrected chi connectivity index (χ2v) is 2.10. The van der Waals surface area contributed by atoms with Gasteiger partial charge in [0, 0.05) is 13.1 Å². The van der Waals surface area contributed by atoms with E-state index in [1.165, 1.54) is 0 Å². The second-order valence-electron chi connectivity index (χ2n) is 2.10. The summed E-state index contributed by atoms with van der Waals surface area (Å²) in [6.07, 6.45) is 0.722. The zero-order valence-corrected chi connectivity index (χ0v) is 6.48. The molecule has 0 spiro atoms. The number of likely N-dealkylation sites (N-methyl/N-ethyl adjacent to an activating group) is 2. The third kappa shape index (κ3) is 4.29. The van der Waals surface area contributed by atoms with Crippen molar-refractivity contribution in [2.75, 3.05) is 27.2 Å². The maximum absolute atomic E-state index is 10.00. The monoisotopic (exact) mass is 145 g/mol. The summed E-state index contributed by atoms with van der Waals surface area (Å²) in [7, 11) is 3.71. The summed E-state index contributed by atoms with van der Waals surface area (Å²) in [6.45, 7) is 1.58. The number of nitrogens with one attached hydrogen (secondary N) is 3. The lowest BCUT2D eigenvalue weighted by Crippen LogP contribution is -2.43. The highest BCUT2D eigenvalue weighted by Gasteiger charge is 2.01. The lowest BCUT2D eigenvalue weighted by atomic mass is 10.3. The number of rotatable bonds is 6. The van der Waals surface area contributed by atoms with Gasteiger partial charge in [-0.15, -0.1) is 0 Å². The zero-order valence-electron chi connectivity index (χ0n) is 6.48. The van der Waals surface area contributed by atoms with Crippen LogP contribution in [0.5, 0.6) is 0 Å². The minimum Gasteiger partial charge on any atom is -0.353 e. The number of hydrogen-bond donors (Lipinski definition) is 3. The maximum Gasteiger partial charge on any atom is 0.207 e. The highest BCUT2D eigenvalue weighted by molar-refractivity contribution is 5.46. The molecule has 0 saturated carbocycles. The fraction of sp³-hybridized carbons (Fsp3) is 0.833. The maximum atomic E-state index is 10.00. The van der Waals surface area contributed by atoms with Gasteiger partial charge in [-0.2, -0.15) is 0 Å². The van der Waals surface area contributed by atoms with Crippen LogP contribution in [0.3, 0.4) is 0 Å².